The number of aryl methyl sites for hydroxylation is 1. The highest BCUT2D eigenvalue weighted by molar-refractivity contribution is 5.86. The number of aromatic nitrogens is 1. The summed E-state index contributed by atoms with van der Waals surface area (Å²) < 4.78 is 2.20. The second kappa shape index (κ2) is 4.48. The Morgan fingerprint density at radius 2 is 1.94 bits per heavy atom. The van der Waals surface area contributed by atoms with E-state index < -0.39 is 11.9 Å². The van der Waals surface area contributed by atoms with Gasteiger partial charge in [0.05, 0.1) is 5.92 Å². The van der Waals surface area contributed by atoms with Crippen molar-refractivity contribution in [1.82, 2.24) is 4.57 Å². The zero-order valence-corrected chi connectivity index (χ0v) is 11.3. The summed E-state index contributed by atoms with van der Waals surface area (Å²) in [6.45, 7) is 8.07. The van der Waals surface area contributed by atoms with Gasteiger partial charge in [-0.05, 0) is 44.9 Å². The Hall–Kier alpha value is -1.77. The predicted octanol–water partition coefficient (Wildman–Crippen LogP) is 3.72. The Kier molecular flexibility index (Phi) is 3.16. The summed E-state index contributed by atoms with van der Waals surface area (Å²) in [4.78, 5) is 11.1. The van der Waals surface area contributed by atoms with Crippen LogP contribution in [-0.4, -0.2) is 15.6 Å². The van der Waals surface area contributed by atoms with Gasteiger partial charge < -0.3 is 9.67 Å². The van der Waals surface area contributed by atoms with Gasteiger partial charge in [0.2, 0.25) is 0 Å². The third-order valence-corrected chi connectivity index (χ3v) is 3.48. The van der Waals surface area contributed by atoms with Crippen molar-refractivity contribution >= 4 is 16.9 Å². The molecule has 3 nitrogen and oxygen atoms in total. The molecule has 1 aromatic heterocycles. The van der Waals surface area contributed by atoms with Crippen LogP contribution in [0.4, 0.5) is 0 Å². The lowest BCUT2D eigenvalue weighted by molar-refractivity contribution is -0.138. The molecule has 3 heteroatoms. The molecule has 1 heterocycles. The van der Waals surface area contributed by atoms with Crippen LogP contribution in [0.25, 0.3) is 10.9 Å². The lowest BCUT2D eigenvalue weighted by Crippen LogP contribution is -2.07. The van der Waals surface area contributed by atoms with Gasteiger partial charge in [-0.3, -0.25) is 4.79 Å². The highest BCUT2D eigenvalue weighted by atomic mass is 16.4. The van der Waals surface area contributed by atoms with Crippen LogP contribution in [0.15, 0.2) is 24.4 Å². The van der Waals surface area contributed by atoms with E-state index in [0.717, 1.165) is 11.1 Å². The van der Waals surface area contributed by atoms with Gasteiger partial charge in [-0.1, -0.05) is 12.1 Å². The molecule has 0 aliphatic rings. The van der Waals surface area contributed by atoms with Crippen molar-refractivity contribution < 1.29 is 9.90 Å². The molecule has 2 rings (SSSR count). The maximum absolute atomic E-state index is 11.1. The monoisotopic (exact) mass is 245 g/mol. The maximum Gasteiger partial charge on any atom is 0.310 e. The van der Waals surface area contributed by atoms with Crippen LogP contribution in [0.5, 0.6) is 0 Å². The normalized spacial score (nSPS) is 13.2. The molecule has 0 fully saturated rings. The van der Waals surface area contributed by atoms with Crippen LogP contribution in [0.1, 0.15) is 43.9 Å². The minimum absolute atomic E-state index is 0.372. The SMILES string of the molecule is Cc1cn(C(C)C)c2cc(C(C)C(=O)O)ccc12. The molecule has 0 saturated heterocycles. The number of hydrogen-bond acceptors (Lipinski definition) is 1. The van der Waals surface area contributed by atoms with Crippen LogP contribution >= 0.6 is 0 Å². The molecule has 0 amide bonds. The van der Waals surface area contributed by atoms with Gasteiger partial charge in [0, 0.05) is 23.1 Å². The van der Waals surface area contributed by atoms with E-state index in [1.807, 2.05) is 18.2 Å². The first kappa shape index (κ1) is 12.7. The molecule has 0 saturated carbocycles. The van der Waals surface area contributed by atoms with E-state index in [4.69, 9.17) is 5.11 Å². The lowest BCUT2D eigenvalue weighted by atomic mass is 10.00. The average molecular weight is 245 g/mol. The number of carbonyl (C=O) groups is 1. The fraction of sp³-hybridized carbons (Fsp3) is 0.400. The van der Waals surface area contributed by atoms with E-state index in [9.17, 15) is 4.79 Å². The molecular weight excluding hydrogens is 226 g/mol. The molecule has 0 aliphatic carbocycles. The molecule has 1 N–H and O–H groups in total. The maximum atomic E-state index is 11.1. The minimum atomic E-state index is -0.784. The predicted molar refractivity (Wildman–Crippen MR) is 73.1 cm³/mol. The quantitative estimate of drug-likeness (QED) is 0.895. The molecule has 0 radical (unpaired) electrons. The van der Waals surface area contributed by atoms with Crippen molar-refractivity contribution in [3.05, 3.63) is 35.5 Å². The third-order valence-electron chi connectivity index (χ3n) is 3.48. The van der Waals surface area contributed by atoms with Crippen LogP contribution in [0.3, 0.4) is 0 Å². The Balaban J connectivity index is 2.62. The van der Waals surface area contributed by atoms with Crippen LogP contribution in [0, 0.1) is 6.92 Å². The van der Waals surface area contributed by atoms with Gasteiger partial charge in [-0.2, -0.15) is 0 Å². The molecule has 0 bridgehead atoms. The van der Waals surface area contributed by atoms with Crippen molar-refractivity contribution in [2.24, 2.45) is 0 Å². The molecule has 18 heavy (non-hydrogen) atoms. The number of carboxylic acids is 1. The van der Waals surface area contributed by atoms with E-state index >= 15 is 0 Å². The highest BCUT2D eigenvalue weighted by Crippen LogP contribution is 2.27. The first-order chi connectivity index (χ1) is 8.41. The Labute approximate surface area is 107 Å². The summed E-state index contributed by atoms with van der Waals surface area (Å²) in [5, 5.41) is 10.3. The number of carboxylic acid groups (broad SMARTS) is 1. The number of nitrogens with zero attached hydrogens (tertiary/aromatic N) is 1. The standard InChI is InChI=1S/C15H19NO2/c1-9(2)16-8-10(3)13-6-5-12(7-14(13)16)11(4)15(17)18/h5-9,11H,1-4H3,(H,17,18). The van der Waals surface area contributed by atoms with Gasteiger partial charge >= 0.3 is 5.97 Å². The summed E-state index contributed by atoms with van der Waals surface area (Å²) in [6, 6.07) is 6.31. The van der Waals surface area contributed by atoms with E-state index in [0.29, 0.717) is 6.04 Å². The Morgan fingerprint density at radius 1 is 1.28 bits per heavy atom. The largest absolute Gasteiger partial charge is 0.481 e. The summed E-state index contributed by atoms with van der Waals surface area (Å²) in [5.41, 5.74) is 3.20. The Morgan fingerprint density at radius 3 is 2.50 bits per heavy atom. The van der Waals surface area contributed by atoms with Crippen molar-refractivity contribution in [1.29, 1.82) is 0 Å². The number of aliphatic carboxylic acids is 1. The molecule has 96 valence electrons. The van der Waals surface area contributed by atoms with E-state index in [2.05, 4.69) is 31.5 Å². The summed E-state index contributed by atoms with van der Waals surface area (Å²) in [7, 11) is 0. The number of fused-ring (bicyclic) bond motifs is 1. The second-order valence-electron chi connectivity index (χ2n) is 5.15. The van der Waals surface area contributed by atoms with Gasteiger partial charge in [0.1, 0.15) is 0 Å². The van der Waals surface area contributed by atoms with Crippen LogP contribution in [0.2, 0.25) is 0 Å². The number of benzene rings is 1. The van der Waals surface area contributed by atoms with Crippen LogP contribution in [-0.2, 0) is 4.79 Å². The minimum Gasteiger partial charge on any atom is -0.481 e. The van der Waals surface area contributed by atoms with Gasteiger partial charge in [-0.15, -0.1) is 0 Å². The topological polar surface area (TPSA) is 42.2 Å². The molecule has 2 aromatic rings. The fourth-order valence-electron chi connectivity index (χ4n) is 2.28. The summed E-state index contributed by atoms with van der Waals surface area (Å²) >= 11 is 0. The average Bonchev–Trinajstić information content (AvgIpc) is 2.65. The van der Waals surface area contributed by atoms with E-state index in [1.54, 1.807) is 6.92 Å². The molecule has 1 aromatic carbocycles. The summed E-state index contributed by atoms with van der Waals surface area (Å²) in [5.74, 6) is -1.25. The molecule has 1 unspecified atom stereocenters. The highest BCUT2D eigenvalue weighted by Gasteiger charge is 2.16. The molecule has 0 aliphatic heterocycles. The molecule has 0 spiro atoms. The summed E-state index contributed by atoms with van der Waals surface area (Å²) in [6.07, 6.45) is 2.13. The first-order valence-corrected chi connectivity index (χ1v) is 6.25. The first-order valence-electron chi connectivity index (χ1n) is 6.25. The van der Waals surface area contributed by atoms with E-state index in [1.165, 1.54) is 10.9 Å². The van der Waals surface area contributed by atoms with E-state index in [-0.39, 0.29) is 0 Å². The number of hydrogen-bond donors (Lipinski definition) is 1. The van der Waals surface area contributed by atoms with Crippen molar-refractivity contribution in [3.63, 3.8) is 0 Å². The third kappa shape index (κ3) is 2.01. The zero-order valence-electron chi connectivity index (χ0n) is 11.3. The lowest BCUT2D eigenvalue weighted by Gasteiger charge is -2.11. The second-order valence-corrected chi connectivity index (χ2v) is 5.15. The van der Waals surface area contributed by atoms with Crippen molar-refractivity contribution in [2.45, 2.75) is 39.7 Å². The number of rotatable bonds is 3. The zero-order chi connectivity index (χ0) is 13.4. The van der Waals surface area contributed by atoms with Crippen molar-refractivity contribution in [3.8, 4) is 0 Å². The van der Waals surface area contributed by atoms with Gasteiger partial charge in [0.15, 0.2) is 0 Å². The Bertz CT molecular complexity index is 596. The van der Waals surface area contributed by atoms with Crippen molar-refractivity contribution in [2.75, 3.05) is 0 Å². The van der Waals surface area contributed by atoms with Gasteiger partial charge in [-0.25, -0.2) is 0 Å². The fourth-order valence-corrected chi connectivity index (χ4v) is 2.28. The van der Waals surface area contributed by atoms with Crippen LogP contribution < -0.4 is 0 Å². The molecular formula is C15H19NO2. The molecule has 1 atom stereocenters. The van der Waals surface area contributed by atoms with Gasteiger partial charge in [0.25, 0.3) is 0 Å². The smallest absolute Gasteiger partial charge is 0.310 e.